The van der Waals surface area contributed by atoms with Crippen molar-refractivity contribution in [2.75, 3.05) is 10.6 Å². The van der Waals surface area contributed by atoms with Crippen LogP contribution in [0.15, 0.2) is 24.3 Å². The standard InChI is InChI=1S/C13H13N3O4/c1-8(18)12(14)13(20)16-10-4-2-9(3-5-10)15-11(19)6-7-17/h2-5,7,14H,6H2,1H3,(H,15,19)(H,16,20). The van der Waals surface area contributed by atoms with Gasteiger partial charge in [-0.1, -0.05) is 0 Å². The molecule has 7 nitrogen and oxygen atoms in total. The molecule has 3 N–H and O–H groups in total. The summed E-state index contributed by atoms with van der Waals surface area (Å²) in [6.45, 7) is 1.13. The fourth-order valence-electron chi connectivity index (χ4n) is 1.28. The highest BCUT2D eigenvalue weighted by Gasteiger charge is 2.13. The van der Waals surface area contributed by atoms with Gasteiger partial charge in [-0.05, 0) is 24.3 Å². The zero-order valence-electron chi connectivity index (χ0n) is 10.7. The maximum atomic E-state index is 11.4. The van der Waals surface area contributed by atoms with E-state index in [0.717, 1.165) is 6.92 Å². The molecule has 0 saturated heterocycles. The van der Waals surface area contributed by atoms with Crippen molar-refractivity contribution in [2.24, 2.45) is 0 Å². The van der Waals surface area contributed by atoms with Crippen LogP contribution >= 0.6 is 0 Å². The molecule has 0 bridgehead atoms. The topological polar surface area (TPSA) is 116 Å². The molecule has 0 aliphatic carbocycles. The predicted octanol–water partition coefficient (Wildman–Crippen LogP) is 0.761. The largest absolute Gasteiger partial charge is 0.326 e. The number of carbonyl (C=O) groups is 4. The molecule has 1 aromatic carbocycles. The van der Waals surface area contributed by atoms with Crippen LogP contribution in [0.25, 0.3) is 0 Å². The fraction of sp³-hybridized carbons (Fsp3) is 0.154. The van der Waals surface area contributed by atoms with Gasteiger partial charge in [-0.2, -0.15) is 0 Å². The second-order valence-electron chi connectivity index (χ2n) is 3.88. The Bertz CT molecular complexity index is 563. The van der Waals surface area contributed by atoms with E-state index in [2.05, 4.69) is 10.6 Å². The summed E-state index contributed by atoms with van der Waals surface area (Å²) >= 11 is 0. The van der Waals surface area contributed by atoms with Gasteiger partial charge in [-0.25, -0.2) is 0 Å². The van der Waals surface area contributed by atoms with Crippen LogP contribution in [0, 0.1) is 5.41 Å². The van der Waals surface area contributed by atoms with Crippen molar-refractivity contribution in [3.8, 4) is 0 Å². The van der Waals surface area contributed by atoms with Crippen molar-refractivity contribution in [3.63, 3.8) is 0 Å². The maximum absolute atomic E-state index is 11.4. The summed E-state index contributed by atoms with van der Waals surface area (Å²) < 4.78 is 0. The monoisotopic (exact) mass is 275 g/mol. The molecule has 1 aromatic rings. The number of aldehydes is 1. The lowest BCUT2D eigenvalue weighted by molar-refractivity contribution is -0.120. The predicted molar refractivity (Wildman–Crippen MR) is 72.8 cm³/mol. The summed E-state index contributed by atoms with van der Waals surface area (Å²) in [6, 6.07) is 6.05. The Morgan fingerprint density at radius 1 is 1.10 bits per heavy atom. The Morgan fingerprint density at radius 3 is 2.05 bits per heavy atom. The van der Waals surface area contributed by atoms with E-state index < -0.39 is 23.3 Å². The van der Waals surface area contributed by atoms with Crippen molar-refractivity contribution in [1.82, 2.24) is 0 Å². The molecule has 0 heterocycles. The number of Topliss-reactive ketones (excluding diaryl/α,β-unsaturated/α-hetero) is 1. The number of rotatable bonds is 6. The van der Waals surface area contributed by atoms with Crippen LogP contribution in [0.2, 0.25) is 0 Å². The normalized spacial score (nSPS) is 9.45. The number of ketones is 1. The fourth-order valence-corrected chi connectivity index (χ4v) is 1.28. The lowest BCUT2D eigenvalue weighted by atomic mass is 10.2. The van der Waals surface area contributed by atoms with Crippen LogP contribution < -0.4 is 10.6 Å². The van der Waals surface area contributed by atoms with Crippen molar-refractivity contribution >= 4 is 41.0 Å². The molecule has 20 heavy (non-hydrogen) atoms. The van der Waals surface area contributed by atoms with Gasteiger partial charge in [0.25, 0.3) is 5.91 Å². The number of carbonyl (C=O) groups excluding carboxylic acids is 4. The highest BCUT2D eigenvalue weighted by molar-refractivity contribution is 6.66. The third kappa shape index (κ3) is 4.45. The number of hydrogen-bond acceptors (Lipinski definition) is 5. The minimum Gasteiger partial charge on any atom is -0.326 e. The second-order valence-corrected chi connectivity index (χ2v) is 3.88. The van der Waals surface area contributed by atoms with E-state index in [1.54, 1.807) is 0 Å². The minimum atomic E-state index is -0.796. The van der Waals surface area contributed by atoms with Gasteiger partial charge < -0.3 is 15.4 Å². The van der Waals surface area contributed by atoms with Crippen LogP contribution in [0.5, 0.6) is 0 Å². The lowest BCUT2D eigenvalue weighted by Gasteiger charge is -2.06. The molecule has 0 spiro atoms. The third-order valence-corrected chi connectivity index (χ3v) is 2.27. The van der Waals surface area contributed by atoms with Crippen molar-refractivity contribution in [2.45, 2.75) is 13.3 Å². The maximum Gasteiger partial charge on any atom is 0.277 e. The summed E-state index contributed by atoms with van der Waals surface area (Å²) in [5, 5.41) is 12.1. The van der Waals surface area contributed by atoms with Gasteiger partial charge in [0, 0.05) is 18.3 Å². The first-order valence-corrected chi connectivity index (χ1v) is 5.68. The summed E-state index contributed by atoms with van der Waals surface area (Å²) in [4.78, 5) is 43.6. The molecule has 0 fully saturated rings. The molecule has 1 rings (SSSR count). The minimum absolute atomic E-state index is 0.228. The molecule has 0 unspecified atom stereocenters. The Hall–Kier alpha value is -2.83. The smallest absolute Gasteiger partial charge is 0.277 e. The van der Waals surface area contributed by atoms with Gasteiger partial charge in [0.15, 0.2) is 11.5 Å². The first-order valence-electron chi connectivity index (χ1n) is 5.68. The summed E-state index contributed by atoms with van der Waals surface area (Å²) in [6.07, 6.45) is 0.269. The SMILES string of the molecule is CC(=O)C(=N)C(=O)Nc1ccc(NC(=O)CC=O)cc1. The first kappa shape index (κ1) is 15.2. The van der Waals surface area contributed by atoms with E-state index in [-0.39, 0.29) is 6.42 Å². The van der Waals surface area contributed by atoms with Crippen molar-refractivity contribution < 1.29 is 19.2 Å². The highest BCUT2D eigenvalue weighted by Crippen LogP contribution is 2.13. The average Bonchev–Trinajstić information content (AvgIpc) is 2.40. The van der Waals surface area contributed by atoms with Crippen molar-refractivity contribution in [1.29, 1.82) is 5.41 Å². The Kier molecular flexibility index (Phi) is 5.28. The number of hydrogen-bond donors (Lipinski definition) is 3. The van der Waals surface area contributed by atoms with Gasteiger partial charge in [-0.3, -0.25) is 19.8 Å². The average molecular weight is 275 g/mol. The number of amides is 2. The molecule has 0 aliphatic heterocycles. The zero-order chi connectivity index (χ0) is 15.1. The third-order valence-electron chi connectivity index (χ3n) is 2.27. The lowest BCUT2D eigenvalue weighted by Crippen LogP contribution is -2.27. The summed E-state index contributed by atoms with van der Waals surface area (Å²) in [7, 11) is 0. The highest BCUT2D eigenvalue weighted by atomic mass is 16.2. The molecule has 7 heteroatoms. The summed E-state index contributed by atoms with van der Waals surface area (Å²) in [5.41, 5.74) is 0.222. The molecule has 0 aliphatic rings. The number of anilines is 2. The van der Waals surface area contributed by atoms with Gasteiger partial charge in [-0.15, -0.1) is 0 Å². The molecule has 0 aromatic heterocycles. The molecule has 2 amide bonds. The van der Waals surface area contributed by atoms with Crippen LogP contribution in [0.3, 0.4) is 0 Å². The van der Waals surface area contributed by atoms with E-state index in [4.69, 9.17) is 5.41 Å². The molecule has 0 saturated carbocycles. The van der Waals surface area contributed by atoms with Crippen LogP contribution in [-0.4, -0.2) is 29.6 Å². The number of benzene rings is 1. The van der Waals surface area contributed by atoms with Crippen LogP contribution in [-0.2, 0) is 19.2 Å². The van der Waals surface area contributed by atoms with Gasteiger partial charge >= 0.3 is 0 Å². The van der Waals surface area contributed by atoms with E-state index >= 15 is 0 Å². The Balaban J connectivity index is 2.65. The number of nitrogens with one attached hydrogen (secondary N) is 3. The van der Waals surface area contributed by atoms with Crippen LogP contribution in [0.4, 0.5) is 11.4 Å². The first-order chi connectivity index (χ1) is 9.43. The zero-order valence-corrected chi connectivity index (χ0v) is 10.7. The molecule has 104 valence electrons. The van der Waals surface area contributed by atoms with Gasteiger partial charge in [0.05, 0.1) is 6.42 Å². The van der Waals surface area contributed by atoms with E-state index in [0.29, 0.717) is 17.7 Å². The van der Waals surface area contributed by atoms with Gasteiger partial charge in [0.2, 0.25) is 5.91 Å². The molecule has 0 atom stereocenters. The van der Waals surface area contributed by atoms with E-state index in [9.17, 15) is 19.2 Å². The Morgan fingerprint density at radius 2 is 1.60 bits per heavy atom. The quantitative estimate of drug-likeness (QED) is 0.403. The molecular weight excluding hydrogens is 262 g/mol. The molecular formula is C13H13N3O4. The second kappa shape index (κ2) is 6.93. The van der Waals surface area contributed by atoms with Crippen molar-refractivity contribution in [3.05, 3.63) is 24.3 Å². The Labute approximate surface area is 114 Å². The van der Waals surface area contributed by atoms with Gasteiger partial charge in [0.1, 0.15) is 6.29 Å². The van der Waals surface area contributed by atoms with E-state index in [1.807, 2.05) is 0 Å². The van der Waals surface area contributed by atoms with Crippen LogP contribution in [0.1, 0.15) is 13.3 Å². The van der Waals surface area contributed by atoms with E-state index in [1.165, 1.54) is 24.3 Å². The molecule has 0 radical (unpaired) electrons. The summed E-state index contributed by atoms with van der Waals surface area (Å²) in [5.74, 6) is -1.86.